The predicted molar refractivity (Wildman–Crippen MR) is 68.7 cm³/mol. The first-order valence-electron chi connectivity index (χ1n) is 6.21. The highest BCUT2D eigenvalue weighted by molar-refractivity contribution is 6.04. The van der Waals surface area contributed by atoms with Crippen LogP contribution in [0, 0.1) is 6.92 Å². The van der Waals surface area contributed by atoms with Crippen molar-refractivity contribution < 1.29 is 24.2 Å². The van der Waals surface area contributed by atoms with Crippen LogP contribution < -0.4 is 0 Å². The van der Waals surface area contributed by atoms with Crippen molar-refractivity contribution in [2.45, 2.75) is 26.3 Å². The molecule has 20 heavy (non-hydrogen) atoms. The smallest absolute Gasteiger partial charge is 0.414 e. The van der Waals surface area contributed by atoms with Crippen LogP contribution in [-0.2, 0) is 16.0 Å². The van der Waals surface area contributed by atoms with Gasteiger partial charge < -0.3 is 14.4 Å². The minimum absolute atomic E-state index is 0.0957. The zero-order valence-electron chi connectivity index (χ0n) is 11.5. The van der Waals surface area contributed by atoms with Crippen molar-refractivity contribution in [1.82, 2.24) is 9.47 Å². The van der Waals surface area contributed by atoms with Crippen LogP contribution >= 0.6 is 0 Å². The molecule has 0 saturated heterocycles. The highest BCUT2D eigenvalue weighted by Crippen LogP contribution is 2.27. The van der Waals surface area contributed by atoms with Crippen molar-refractivity contribution in [3.63, 3.8) is 0 Å². The molecule has 7 heteroatoms. The second-order valence-corrected chi connectivity index (χ2v) is 4.70. The Kier molecular flexibility index (Phi) is 3.52. The molecule has 108 valence electrons. The molecule has 0 spiro atoms. The Morgan fingerprint density at radius 2 is 2.10 bits per heavy atom. The highest BCUT2D eigenvalue weighted by atomic mass is 16.5. The standard InChI is InChI=1S/C13H16N2O5/c1-7-6-9-10(15(7)8(2)12(17)20-3)4-5-14(11(9)16)13(18)19/h6,8H,4-5H2,1-3H3,(H,18,19)/t8-/m1/s1. The van der Waals surface area contributed by atoms with Gasteiger partial charge in [0.1, 0.15) is 6.04 Å². The summed E-state index contributed by atoms with van der Waals surface area (Å²) in [4.78, 5) is 35.5. The number of methoxy groups -OCH3 is 1. The predicted octanol–water partition coefficient (Wildman–Crippen LogP) is 1.21. The number of carboxylic acid groups (broad SMARTS) is 1. The lowest BCUT2D eigenvalue weighted by Crippen LogP contribution is -2.41. The van der Waals surface area contributed by atoms with Crippen LogP contribution in [0.1, 0.15) is 34.7 Å². The van der Waals surface area contributed by atoms with Gasteiger partial charge in [0, 0.05) is 24.4 Å². The van der Waals surface area contributed by atoms with E-state index >= 15 is 0 Å². The van der Waals surface area contributed by atoms with Gasteiger partial charge in [-0.1, -0.05) is 0 Å². The van der Waals surface area contributed by atoms with Gasteiger partial charge in [-0.15, -0.1) is 0 Å². The quantitative estimate of drug-likeness (QED) is 0.822. The van der Waals surface area contributed by atoms with Crippen molar-refractivity contribution in [2.75, 3.05) is 13.7 Å². The molecule has 1 aromatic heterocycles. The summed E-state index contributed by atoms with van der Waals surface area (Å²) >= 11 is 0. The van der Waals surface area contributed by atoms with E-state index in [-0.39, 0.29) is 6.54 Å². The van der Waals surface area contributed by atoms with E-state index in [2.05, 4.69) is 0 Å². The van der Waals surface area contributed by atoms with Crippen LogP contribution in [0.2, 0.25) is 0 Å². The first-order valence-corrected chi connectivity index (χ1v) is 6.21. The van der Waals surface area contributed by atoms with Crippen molar-refractivity contribution in [3.05, 3.63) is 23.0 Å². The lowest BCUT2D eigenvalue weighted by Gasteiger charge is -2.25. The van der Waals surface area contributed by atoms with E-state index in [1.807, 2.05) is 0 Å². The maximum absolute atomic E-state index is 12.1. The molecule has 0 fully saturated rings. The Labute approximate surface area is 115 Å². The number of aryl methyl sites for hydroxylation is 1. The number of esters is 1. The average molecular weight is 280 g/mol. The minimum atomic E-state index is -1.26. The number of amides is 2. The number of aromatic nitrogens is 1. The number of hydrogen-bond acceptors (Lipinski definition) is 4. The molecule has 1 atom stereocenters. The fraction of sp³-hybridized carbons (Fsp3) is 0.462. The topological polar surface area (TPSA) is 88.8 Å². The van der Waals surface area contributed by atoms with E-state index in [1.54, 1.807) is 24.5 Å². The molecule has 2 rings (SSSR count). The number of rotatable bonds is 2. The second kappa shape index (κ2) is 4.99. The molecule has 7 nitrogen and oxygen atoms in total. The van der Waals surface area contributed by atoms with Gasteiger partial charge in [-0.25, -0.2) is 14.5 Å². The van der Waals surface area contributed by atoms with Crippen LogP contribution in [0.3, 0.4) is 0 Å². The summed E-state index contributed by atoms with van der Waals surface area (Å²) in [6, 6.07) is 1.07. The molecule has 1 aromatic rings. The normalized spacial score (nSPS) is 15.8. The summed E-state index contributed by atoms with van der Waals surface area (Å²) in [5, 5.41) is 8.97. The summed E-state index contributed by atoms with van der Waals surface area (Å²) in [6.45, 7) is 3.56. The van der Waals surface area contributed by atoms with E-state index in [1.165, 1.54) is 7.11 Å². The number of nitrogens with zero attached hydrogens (tertiary/aromatic N) is 2. The molecule has 0 saturated carbocycles. The fourth-order valence-electron chi connectivity index (χ4n) is 2.61. The number of carbonyl (C=O) groups is 3. The Bertz CT molecular complexity index is 590. The van der Waals surface area contributed by atoms with Crippen molar-refractivity contribution in [3.8, 4) is 0 Å². The first kappa shape index (κ1) is 14.1. The van der Waals surface area contributed by atoms with E-state index in [0.717, 1.165) is 10.6 Å². The van der Waals surface area contributed by atoms with Gasteiger partial charge in [0.25, 0.3) is 5.91 Å². The average Bonchev–Trinajstić information content (AvgIpc) is 2.74. The lowest BCUT2D eigenvalue weighted by atomic mass is 10.1. The summed E-state index contributed by atoms with van der Waals surface area (Å²) in [7, 11) is 1.31. The van der Waals surface area contributed by atoms with Gasteiger partial charge in [-0.3, -0.25) is 4.79 Å². The van der Waals surface area contributed by atoms with E-state index in [9.17, 15) is 14.4 Å². The summed E-state index contributed by atoms with van der Waals surface area (Å²) in [5.41, 5.74) is 1.75. The largest absolute Gasteiger partial charge is 0.467 e. The molecule has 2 amide bonds. The van der Waals surface area contributed by atoms with Crippen molar-refractivity contribution in [1.29, 1.82) is 0 Å². The zero-order chi connectivity index (χ0) is 15.0. The van der Waals surface area contributed by atoms with E-state index < -0.39 is 24.0 Å². The third kappa shape index (κ3) is 2.04. The number of imide groups is 1. The number of fused-ring (bicyclic) bond motifs is 1. The zero-order valence-corrected chi connectivity index (χ0v) is 11.5. The Balaban J connectivity index is 2.46. The number of hydrogen-bond donors (Lipinski definition) is 1. The molecule has 1 aliphatic heterocycles. The number of ether oxygens (including phenoxy) is 1. The van der Waals surface area contributed by atoms with Gasteiger partial charge in [-0.05, 0) is 19.9 Å². The molecule has 0 radical (unpaired) electrons. The molecular formula is C13H16N2O5. The van der Waals surface area contributed by atoms with E-state index in [4.69, 9.17) is 9.84 Å². The Hall–Kier alpha value is -2.31. The number of carbonyl (C=O) groups excluding carboxylic acids is 2. The molecule has 0 aromatic carbocycles. The van der Waals surface area contributed by atoms with Crippen molar-refractivity contribution in [2.24, 2.45) is 0 Å². The Morgan fingerprint density at radius 3 is 2.65 bits per heavy atom. The van der Waals surface area contributed by atoms with Crippen molar-refractivity contribution >= 4 is 18.0 Å². The molecule has 0 aliphatic carbocycles. The van der Waals surface area contributed by atoms with Crippen LogP contribution in [0.4, 0.5) is 4.79 Å². The van der Waals surface area contributed by atoms with Crippen LogP contribution in [0.15, 0.2) is 6.07 Å². The summed E-state index contributed by atoms with van der Waals surface area (Å²) < 4.78 is 6.45. The van der Waals surface area contributed by atoms with Gasteiger partial charge in [0.05, 0.1) is 12.7 Å². The first-order chi connectivity index (χ1) is 9.38. The molecular weight excluding hydrogens is 264 g/mol. The Morgan fingerprint density at radius 1 is 1.45 bits per heavy atom. The molecule has 0 bridgehead atoms. The second-order valence-electron chi connectivity index (χ2n) is 4.70. The van der Waals surface area contributed by atoms with Gasteiger partial charge in [0.2, 0.25) is 0 Å². The SMILES string of the molecule is COC(=O)[C@@H](C)n1c(C)cc2c1CCN(C(=O)O)C2=O. The fourth-order valence-corrected chi connectivity index (χ4v) is 2.61. The van der Waals surface area contributed by atoms with Crippen LogP contribution in [0.25, 0.3) is 0 Å². The lowest BCUT2D eigenvalue weighted by molar-refractivity contribution is -0.144. The minimum Gasteiger partial charge on any atom is -0.467 e. The molecule has 0 unspecified atom stereocenters. The monoisotopic (exact) mass is 280 g/mol. The van der Waals surface area contributed by atoms with E-state index in [0.29, 0.717) is 17.7 Å². The molecule has 2 heterocycles. The van der Waals surface area contributed by atoms with Gasteiger partial charge in [0.15, 0.2) is 0 Å². The van der Waals surface area contributed by atoms with Gasteiger partial charge in [-0.2, -0.15) is 0 Å². The van der Waals surface area contributed by atoms with Crippen LogP contribution in [0.5, 0.6) is 0 Å². The summed E-state index contributed by atoms with van der Waals surface area (Å²) in [5.74, 6) is -0.947. The maximum atomic E-state index is 12.1. The maximum Gasteiger partial charge on any atom is 0.414 e. The third-order valence-electron chi connectivity index (χ3n) is 3.54. The van der Waals surface area contributed by atoms with Crippen LogP contribution in [-0.4, -0.2) is 46.2 Å². The third-order valence-corrected chi connectivity index (χ3v) is 3.54. The molecule has 1 aliphatic rings. The summed E-state index contributed by atoms with van der Waals surface area (Å²) in [6.07, 6.45) is -0.866. The van der Waals surface area contributed by atoms with Gasteiger partial charge >= 0.3 is 12.1 Å². The molecule has 1 N–H and O–H groups in total. The highest BCUT2D eigenvalue weighted by Gasteiger charge is 2.33.